The van der Waals surface area contributed by atoms with Crippen LogP contribution in [-0.2, 0) is 19.1 Å². The summed E-state index contributed by atoms with van der Waals surface area (Å²) >= 11 is 12.3. The van der Waals surface area contributed by atoms with Gasteiger partial charge >= 0.3 is 0 Å². The fraction of sp³-hybridized carbons (Fsp3) is 0.645. The number of anilines is 1. The summed E-state index contributed by atoms with van der Waals surface area (Å²) in [7, 11) is 0. The molecule has 0 aromatic heterocycles. The van der Waals surface area contributed by atoms with Gasteiger partial charge in [-0.2, -0.15) is 0 Å². The molecule has 40 heavy (non-hydrogen) atoms. The van der Waals surface area contributed by atoms with E-state index in [1.54, 1.807) is 18.2 Å². The minimum atomic E-state index is -1.16. The third-order valence-corrected chi connectivity index (χ3v) is 10.8. The molecule has 0 unspecified atom stereocenters. The van der Waals surface area contributed by atoms with E-state index < -0.39 is 29.6 Å². The van der Waals surface area contributed by atoms with Crippen LogP contribution < -0.4 is 10.6 Å². The Labute approximate surface area is 246 Å². The second kappa shape index (κ2) is 10.6. The van der Waals surface area contributed by atoms with E-state index in [0.29, 0.717) is 33.5 Å². The van der Waals surface area contributed by atoms with Crippen molar-refractivity contribution in [2.24, 2.45) is 29.6 Å². The number of amides is 3. The predicted molar refractivity (Wildman–Crippen MR) is 155 cm³/mol. The molecule has 1 aromatic carbocycles. The predicted octanol–water partition coefficient (Wildman–Crippen LogP) is 5.60. The highest BCUT2D eigenvalue weighted by Gasteiger charge is 2.73. The minimum absolute atomic E-state index is 0.0476. The molecule has 0 radical (unpaired) electrons. The maximum absolute atomic E-state index is 14.4. The lowest BCUT2D eigenvalue weighted by Crippen LogP contribution is -2.59. The average Bonchev–Trinajstić information content (AvgIpc) is 3.54. The number of halogens is 2. The number of nitrogens with zero attached hydrogens (tertiary/aromatic N) is 1. The van der Waals surface area contributed by atoms with Gasteiger partial charge in [0.2, 0.25) is 17.7 Å². The van der Waals surface area contributed by atoms with Gasteiger partial charge in [-0.05, 0) is 68.1 Å². The van der Waals surface area contributed by atoms with Gasteiger partial charge in [0.1, 0.15) is 11.6 Å². The summed E-state index contributed by atoms with van der Waals surface area (Å²) in [5.41, 5.74) is -0.701. The molecule has 2 N–H and O–H groups in total. The number of fused-ring (bicyclic) bond motifs is 1. The van der Waals surface area contributed by atoms with Crippen molar-refractivity contribution in [2.75, 3.05) is 5.32 Å². The van der Waals surface area contributed by atoms with E-state index in [-0.39, 0.29) is 29.8 Å². The lowest BCUT2D eigenvalue weighted by atomic mass is 9.73. The third kappa shape index (κ3) is 4.66. The largest absolute Gasteiger partial charge is 0.359 e. The lowest BCUT2D eigenvalue weighted by Gasteiger charge is -2.41. The van der Waals surface area contributed by atoms with E-state index in [1.807, 2.05) is 17.1 Å². The molecule has 5 aliphatic rings. The quantitative estimate of drug-likeness (QED) is 0.439. The molecule has 2 saturated carbocycles. The molecule has 216 valence electrons. The second-order valence-electron chi connectivity index (χ2n) is 12.9. The molecular formula is C31H39Cl2N3O4. The lowest BCUT2D eigenvalue weighted by molar-refractivity contribution is -0.145. The first kappa shape index (κ1) is 28.0. The minimum Gasteiger partial charge on any atom is -0.359 e. The van der Waals surface area contributed by atoms with Crippen LogP contribution in [0.3, 0.4) is 0 Å². The molecule has 2 saturated heterocycles. The number of ether oxygens (including phenoxy) is 1. The first-order chi connectivity index (χ1) is 19.1. The Kier molecular flexibility index (Phi) is 7.46. The summed E-state index contributed by atoms with van der Waals surface area (Å²) in [5, 5.41) is 7.06. The molecule has 3 amide bonds. The number of hydrogen-bond donors (Lipinski definition) is 2. The molecule has 6 rings (SSSR count). The first-order valence-electron chi connectivity index (χ1n) is 14.9. The zero-order valence-corrected chi connectivity index (χ0v) is 24.9. The fourth-order valence-corrected chi connectivity index (χ4v) is 8.55. The first-order valence-corrected chi connectivity index (χ1v) is 15.6. The van der Waals surface area contributed by atoms with Crippen LogP contribution in [0.1, 0.15) is 65.7 Å². The van der Waals surface area contributed by atoms with Crippen LogP contribution in [0.5, 0.6) is 0 Å². The molecule has 1 aromatic rings. The van der Waals surface area contributed by atoms with Crippen molar-refractivity contribution in [3.05, 3.63) is 40.4 Å². The maximum Gasteiger partial charge on any atom is 0.246 e. The van der Waals surface area contributed by atoms with Crippen LogP contribution in [0.4, 0.5) is 5.69 Å². The molecule has 3 heterocycles. The van der Waals surface area contributed by atoms with E-state index in [0.717, 1.165) is 44.9 Å². The number of likely N-dealkylation sites (tertiary alicyclic amines) is 1. The van der Waals surface area contributed by atoms with E-state index in [1.165, 1.54) is 0 Å². The highest BCUT2D eigenvalue weighted by atomic mass is 35.5. The Morgan fingerprint density at radius 2 is 1.68 bits per heavy atom. The van der Waals surface area contributed by atoms with E-state index in [2.05, 4.69) is 31.4 Å². The number of benzene rings is 1. The van der Waals surface area contributed by atoms with Crippen molar-refractivity contribution >= 4 is 46.6 Å². The number of carbonyl (C=O) groups excluding carboxylic acids is 3. The van der Waals surface area contributed by atoms with Gasteiger partial charge in [-0.1, -0.05) is 69.0 Å². The molecule has 2 bridgehead atoms. The Bertz CT molecular complexity index is 1210. The fourth-order valence-electron chi connectivity index (χ4n) is 8.02. The molecule has 1 spiro atoms. The van der Waals surface area contributed by atoms with Gasteiger partial charge in [0.05, 0.1) is 17.9 Å². The topological polar surface area (TPSA) is 87.7 Å². The summed E-state index contributed by atoms with van der Waals surface area (Å²) in [6.45, 7) is 6.68. The van der Waals surface area contributed by atoms with Crippen LogP contribution in [-0.4, -0.2) is 52.5 Å². The molecule has 9 heteroatoms. The smallest absolute Gasteiger partial charge is 0.246 e. The van der Waals surface area contributed by atoms with Crippen LogP contribution >= 0.6 is 23.2 Å². The molecule has 4 fully saturated rings. The number of carbonyl (C=O) groups is 3. The highest BCUT2D eigenvalue weighted by Crippen LogP contribution is 2.56. The highest BCUT2D eigenvalue weighted by molar-refractivity contribution is 6.35. The zero-order valence-electron chi connectivity index (χ0n) is 23.4. The van der Waals surface area contributed by atoms with Gasteiger partial charge in [0.15, 0.2) is 0 Å². The monoisotopic (exact) mass is 587 g/mol. The Balaban J connectivity index is 1.32. The summed E-state index contributed by atoms with van der Waals surface area (Å²) in [5.74, 6) is -0.695. The summed E-state index contributed by atoms with van der Waals surface area (Å²) < 4.78 is 6.54. The van der Waals surface area contributed by atoms with Crippen LogP contribution in [0.15, 0.2) is 30.4 Å². The van der Waals surface area contributed by atoms with Crippen molar-refractivity contribution in [2.45, 2.75) is 95.5 Å². The van der Waals surface area contributed by atoms with Crippen LogP contribution in [0.25, 0.3) is 0 Å². The Morgan fingerprint density at radius 1 is 0.975 bits per heavy atom. The SMILES string of the molecule is CC1CCC(N2C(=O)[C@@H]3[C@H](C(=O)Nc4cc(Cl)cc(Cl)c4)[C@@H]4C=C[C@@]3(O4)[C@@H]2C(=O)N[C@@H]2CCC[C@@H](C)[C@@H]2C)CC1. The number of rotatable bonds is 5. The Morgan fingerprint density at radius 3 is 2.38 bits per heavy atom. The van der Waals surface area contributed by atoms with Crippen molar-refractivity contribution < 1.29 is 19.1 Å². The van der Waals surface area contributed by atoms with Gasteiger partial charge in [-0.3, -0.25) is 14.4 Å². The van der Waals surface area contributed by atoms with E-state index in [4.69, 9.17) is 27.9 Å². The normalized spacial score (nSPS) is 40.3. The summed E-state index contributed by atoms with van der Waals surface area (Å²) in [6, 6.07) is 4.06. The average molecular weight is 589 g/mol. The van der Waals surface area contributed by atoms with Crippen LogP contribution in [0.2, 0.25) is 10.0 Å². The molecule has 7 nitrogen and oxygen atoms in total. The third-order valence-electron chi connectivity index (χ3n) is 10.4. The summed E-state index contributed by atoms with van der Waals surface area (Å²) in [6.07, 6.45) is 10.1. The molecule has 2 aliphatic carbocycles. The van der Waals surface area contributed by atoms with Crippen molar-refractivity contribution in [3.8, 4) is 0 Å². The molecular weight excluding hydrogens is 549 g/mol. The van der Waals surface area contributed by atoms with Gasteiger partial charge in [-0.25, -0.2) is 0 Å². The number of hydrogen-bond acceptors (Lipinski definition) is 4. The van der Waals surface area contributed by atoms with Gasteiger partial charge in [0, 0.05) is 27.8 Å². The Hall–Kier alpha value is -2.09. The van der Waals surface area contributed by atoms with Gasteiger partial charge < -0.3 is 20.3 Å². The maximum atomic E-state index is 14.4. The van der Waals surface area contributed by atoms with Crippen molar-refractivity contribution in [3.63, 3.8) is 0 Å². The van der Waals surface area contributed by atoms with Crippen molar-refractivity contribution in [1.29, 1.82) is 0 Å². The second-order valence-corrected chi connectivity index (χ2v) is 13.8. The molecule has 3 aliphatic heterocycles. The molecule has 8 atom stereocenters. The van der Waals surface area contributed by atoms with Crippen LogP contribution in [0, 0.1) is 29.6 Å². The van der Waals surface area contributed by atoms with Gasteiger partial charge in [0.25, 0.3) is 0 Å². The van der Waals surface area contributed by atoms with E-state index in [9.17, 15) is 14.4 Å². The standard InChI is InChI=1S/C31H39Cl2N3O4/c1-16-7-9-22(10-8-16)36-27(29(38)35-23-6-4-5-17(2)18(23)3)31-12-11-24(40-31)25(26(31)30(36)39)28(37)34-21-14-19(32)13-20(33)15-21/h11-18,22-27H,4-10H2,1-3H3,(H,34,37)(H,35,38)/t16?,17-,18+,22?,23-,24+,25-,26+,27+,31+/m1/s1. The van der Waals surface area contributed by atoms with E-state index >= 15 is 0 Å². The number of nitrogens with one attached hydrogen (secondary N) is 2. The zero-order chi connectivity index (χ0) is 28.3. The van der Waals surface area contributed by atoms with Crippen molar-refractivity contribution in [1.82, 2.24) is 10.2 Å². The summed E-state index contributed by atoms with van der Waals surface area (Å²) in [4.78, 5) is 44.1. The van der Waals surface area contributed by atoms with Gasteiger partial charge in [-0.15, -0.1) is 0 Å².